The fourth-order valence-electron chi connectivity index (χ4n) is 1.82. The van der Waals surface area contributed by atoms with E-state index in [1.807, 2.05) is 0 Å². The molecule has 0 saturated carbocycles. The quantitative estimate of drug-likeness (QED) is 0.882. The van der Waals surface area contributed by atoms with Crippen LogP contribution in [0.4, 0.5) is 10.1 Å². The maximum Gasteiger partial charge on any atom is 0.158 e. The van der Waals surface area contributed by atoms with Crippen molar-refractivity contribution in [1.29, 1.82) is 0 Å². The number of halogens is 2. The second-order valence-corrected chi connectivity index (χ2v) is 7.00. The van der Waals surface area contributed by atoms with E-state index < -0.39 is 15.7 Å². The van der Waals surface area contributed by atoms with E-state index in [-0.39, 0.29) is 17.2 Å². The molecule has 3 nitrogen and oxygen atoms in total. The Morgan fingerprint density at radius 3 is 2.30 bits per heavy atom. The highest BCUT2D eigenvalue weighted by Gasteiger charge is 2.15. The number of benzene rings is 2. The number of rotatable bonds is 4. The molecular formula is C14H13ClFNO2S. The summed E-state index contributed by atoms with van der Waals surface area (Å²) in [4.78, 5) is 0. The first-order valence-corrected chi connectivity index (χ1v) is 8.04. The third-order valence-corrected chi connectivity index (χ3v) is 4.56. The van der Waals surface area contributed by atoms with Gasteiger partial charge in [-0.25, -0.2) is 12.8 Å². The molecule has 20 heavy (non-hydrogen) atoms. The van der Waals surface area contributed by atoms with Gasteiger partial charge in [-0.1, -0.05) is 29.8 Å². The summed E-state index contributed by atoms with van der Waals surface area (Å²) in [6, 6.07) is 10.3. The molecule has 0 bridgehead atoms. The highest BCUT2D eigenvalue weighted by atomic mass is 35.5. The Labute approximate surface area is 122 Å². The van der Waals surface area contributed by atoms with Crippen molar-refractivity contribution in [1.82, 2.24) is 0 Å². The largest absolute Gasteiger partial charge is 0.398 e. The molecule has 2 aromatic rings. The first kappa shape index (κ1) is 14.8. The topological polar surface area (TPSA) is 60.2 Å². The maximum atomic E-state index is 12.9. The second kappa shape index (κ2) is 5.81. The molecule has 0 amide bonds. The lowest BCUT2D eigenvalue weighted by Gasteiger charge is -2.07. The predicted octanol–water partition coefficient (Wildman–Crippen LogP) is 3.18. The molecule has 2 rings (SSSR count). The van der Waals surface area contributed by atoms with Gasteiger partial charge in [0.2, 0.25) is 0 Å². The van der Waals surface area contributed by atoms with Crippen LogP contribution < -0.4 is 5.73 Å². The number of anilines is 1. The minimum atomic E-state index is -3.38. The van der Waals surface area contributed by atoms with Crippen molar-refractivity contribution in [3.05, 3.63) is 64.4 Å². The molecule has 0 aliphatic heterocycles. The zero-order chi connectivity index (χ0) is 14.8. The molecule has 2 N–H and O–H groups in total. The van der Waals surface area contributed by atoms with Crippen molar-refractivity contribution >= 4 is 27.1 Å². The summed E-state index contributed by atoms with van der Waals surface area (Å²) in [6.45, 7) is 0. The Balaban J connectivity index is 2.17. The molecule has 0 saturated heterocycles. The summed E-state index contributed by atoms with van der Waals surface area (Å²) in [5, 5.41) is 0.550. The molecule has 0 radical (unpaired) electrons. The minimum absolute atomic E-state index is 0.110. The molecular weight excluding hydrogens is 301 g/mol. The lowest BCUT2D eigenvalue weighted by Crippen LogP contribution is -2.09. The van der Waals surface area contributed by atoms with Crippen molar-refractivity contribution in [3.63, 3.8) is 0 Å². The van der Waals surface area contributed by atoms with Crippen LogP contribution in [-0.4, -0.2) is 8.42 Å². The molecule has 6 heteroatoms. The summed E-state index contributed by atoms with van der Waals surface area (Å²) < 4.78 is 37.1. The number of nitrogens with two attached hydrogens (primary N) is 1. The van der Waals surface area contributed by atoms with Crippen molar-refractivity contribution in [2.75, 3.05) is 5.73 Å². The van der Waals surface area contributed by atoms with Gasteiger partial charge in [-0.3, -0.25) is 0 Å². The van der Waals surface area contributed by atoms with Crippen LogP contribution in [0.25, 0.3) is 0 Å². The molecule has 0 aliphatic rings. The lowest BCUT2D eigenvalue weighted by molar-refractivity contribution is 0.594. The van der Waals surface area contributed by atoms with Crippen molar-refractivity contribution in [3.8, 4) is 0 Å². The highest BCUT2D eigenvalue weighted by molar-refractivity contribution is 7.89. The van der Waals surface area contributed by atoms with Gasteiger partial charge in [0.25, 0.3) is 0 Å². The summed E-state index contributed by atoms with van der Waals surface area (Å²) in [5.74, 6) is -0.815. The van der Waals surface area contributed by atoms with E-state index in [4.69, 9.17) is 17.3 Å². The van der Waals surface area contributed by atoms with E-state index >= 15 is 0 Å². The van der Waals surface area contributed by atoms with E-state index in [0.717, 1.165) is 6.07 Å². The number of nitrogen functional groups attached to an aromatic ring is 1. The Hall–Kier alpha value is -1.59. The molecule has 2 aromatic carbocycles. The van der Waals surface area contributed by atoms with E-state index in [0.29, 0.717) is 16.1 Å². The van der Waals surface area contributed by atoms with Gasteiger partial charge in [0.1, 0.15) is 5.82 Å². The van der Waals surface area contributed by atoms with Crippen LogP contribution >= 0.6 is 11.6 Å². The molecule has 0 spiro atoms. The van der Waals surface area contributed by atoms with Gasteiger partial charge in [-0.15, -0.1) is 0 Å². The number of hydrogen-bond acceptors (Lipinski definition) is 3. The van der Waals surface area contributed by atoms with Crippen LogP contribution in [0, 0.1) is 5.82 Å². The van der Waals surface area contributed by atoms with E-state index in [2.05, 4.69) is 0 Å². The van der Waals surface area contributed by atoms with E-state index in [1.165, 1.54) is 12.1 Å². The fraction of sp³-hybridized carbons (Fsp3) is 0.143. The monoisotopic (exact) mass is 313 g/mol. The molecule has 0 fully saturated rings. The lowest BCUT2D eigenvalue weighted by atomic mass is 10.2. The molecule has 0 unspecified atom stereocenters. The van der Waals surface area contributed by atoms with Crippen molar-refractivity contribution in [2.24, 2.45) is 0 Å². The van der Waals surface area contributed by atoms with Gasteiger partial charge < -0.3 is 5.73 Å². The Kier molecular flexibility index (Phi) is 4.30. The van der Waals surface area contributed by atoms with Crippen LogP contribution in [-0.2, 0) is 21.3 Å². The van der Waals surface area contributed by atoms with Crippen LogP contribution in [0.3, 0.4) is 0 Å². The van der Waals surface area contributed by atoms with Crippen molar-refractivity contribution < 1.29 is 12.8 Å². The second-order valence-electron chi connectivity index (χ2n) is 4.50. The Morgan fingerprint density at radius 2 is 1.70 bits per heavy atom. The van der Waals surface area contributed by atoms with Gasteiger partial charge in [0.15, 0.2) is 9.84 Å². The van der Waals surface area contributed by atoms with Gasteiger partial charge >= 0.3 is 0 Å². The zero-order valence-electron chi connectivity index (χ0n) is 10.5. The van der Waals surface area contributed by atoms with Gasteiger partial charge in [-0.2, -0.15) is 0 Å². The van der Waals surface area contributed by atoms with Crippen LogP contribution in [0.2, 0.25) is 5.02 Å². The van der Waals surface area contributed by atoms with Gasteiger partial charge in [0.05, 0.1) is 11.5 Å². The number of sulfone groups is 1. The Bertz CT molecular complexity index is 714. The van der Waals surface area contributed by atoms with Crippen LogP contribution in [0.1, 0.15) is 11.1 Å². The highest BCUT2D eigenvalue weighted by Crippen LogP contribution is 2.19. The standard InChI is InChI=1S/C14H13ClFNO2S/c15-12-4-1-10(2-5-12)8-20(18,19)9-11-3-6-13(16)7-14(11)17/h1-7H,8-9,17H2. The predicted molar refractivity (Wildman–Crippen MR) is 78.6 cm³/mol. The van der Waals surface area contributed by atoms with E-state index in [1.54, 1.807) is 24.3 Å². The van der Waals surface area contributed by atoms with Crippen molar-refractivity contribution in [2.45, 2.75) is 11.5 Å². The minimum Gasteiger partial charge on any atom is -0.398 e. The number of hydrogen-bond donors (Lipinski definition) is 1. The Morgan fingerprint density at radius 1 is 1.05 bits per heavy atom. The molecule has 0 heterocycles. The summed E-state index contributed by atoms with van der Waals surface area (Å²) in [7, 11) is -3.38. The van der Waals surface area contributed by atoms with Crippen LogP contribution in [0.15, 0.2) is 42.5 Å². The molecule has 0 aromatic heterocycles. The zero-order valence-corrected chi connectivity index (χ0v) is 12.1. The summed E-state index contributed by atoms with van der Waals surface area (Å²) in [5.41, 5.74) is 6.81. The maximum absolute atomic E-state index is 12.9. The third kappa shape index (κ3) is 3.95. The SMILES string of the molecule is Nc1cc(F)ccc1CS(=O)(=O)Cc1ccc(Cl)cc1. The normalized spacial score (nSPS) is 11.5. The smallest absolute Gasteiger partial charge is 0.158 e. The van der Waals surface area contributed by atoms with Crippen LogP contribution in [0.5, 0.6) is 0 Å². The third-order valence-electron chi connectivity index (χ3n) is 2.78. The summed E-state index contributed by atoms with van der Waals surface area (Å²) in [6.07, 6.45) is 0. The average Bonchev–Trinajstić information content (AvgIpc) is 2.35. The van der Waals surface area contributed by atoms with Gasteiger partial charge in [0, 0.05) is 10.7 Å². The first-order chi connectivity index (χ1) is 9.35. The fourth-order valence-corrected chi connectivity index (χ4v) is 3.48. The average molecular weight is 314 g/mol. The van der Waals surface area contributed by atoms with E-state index in [9.17, 15) is 12.8 Å². The first-order valence-electron chi connectivity index (χ1n) is 5.84. The molecule has 0 atom stereocenters. The molecule has 0 aliphatic carbocycles. The van der Waals surface area contributed by atoms with Gasteiger partial charge in [-0.05, 0) is 35.4 Å². The molecule has 106 valence electrons. The summed E-state index contributed by atoms with van der Waals surface area (Å²) >= 11 is 5.75.